The van der Waals surface area contributed by atoms with Gasteiger partial charge in [0.05, 0.1) is 17.5 Å². The van der Waals surface area contributed by atoms with E-state index in [-0.39, 0.29) is 6.04 Å². The molecule has 5 aromatic carbocycles. The number of nitrogens with zero attached hydrogens (tertiary/aromatic N) is 2. The molecule has 0 radical (unpaired) electrons. The Hall–Kier alpha value is -6.62. The molecule has 0 aromatic heterocycles. The Bertz CT molecular complexity index is 2900. The lowest BCUT2D eigenvalue weighted by molar-refractivity contribution is 0.437. The lowest BCUT2D eigenvalue weighted by atomic mass is 9.91. The minimum absolute atomic E-state index is 0.174. The lowest BCUT2D eigenvalue weighted by Crippen LogP contribution is -2.34. The van der Waals surface area contributed by atoms with Crippen LogP contribution in [-0.4, -0.2) is 36.5 Å². The zero-order valence-corrected chi connectivity index (χ0v) is 44.4. The van der Waals surface area contributed by atoms with Crippen LogP contribution in [0.2, 0.25) is 0 Å². The number of unbranched alkanes of at least 4 members (excludes halogenated alkanes) is 2. The molecule has 4 heteroatoms. The molecule has 0 saturated carbocycles. The number of dihydropyridines is 1. The van der Waals surface area contributed by atoms with Crippen molar-refractivity contribution in [3.05, 3.63) is 232 Å². The molecule has 1 unspecified atom stereocenters. The predicted octanol–water partition coefficient (Wildman–Crippen LogP) is 18.3. The van der Waals surface area contributed by atoms with Gasteiger partial charge < -0.3 is 10.2 Å². The predicted molar refractivity (Wildman–Crippen MR) is 312 cm³/mol. The average molecular weight is 942 g/mol. The summed E-state index contributed by atoms with van der Waals surface area (Å²) < 4.78 is 0. The number of fused-ring (bicyclic) bond motifs is 2. The summed E-state index contributed by atoms with van der Waals surface area (Å²) in [6, 6.07) is 35.4. The first-order chi connectivity index (χ1) is 34.0. The molecular weight excluding hydrogens is 867 g/mol. The second-order valence-electron chi connectivity index (χ2n) is 18.0. The highest BCUT2D eigenvalue weighted by molar-refractivity contribution is 7.98. The first kappa shape index (κ1) is 52.7. The molecule has 0 spiro atoms. The number of allylic oxidation sites excluding steroid dienone is 11. The Labute approximate surface area is 426 Å². The van der Waals surface area contributed by atoms with Crippen LogP contribution >= 0.6 is 11.8 Å². The van der Waals surface area contributed by atoms with E-state index in [1.54, 1.807) is 11.8 Å². The molecule has 0 amide bonds. The number of rotatable bonds is 11. The van der Waals surface area contributed by atoms with Crippen LogP contribution in [0.25, 0.3) is 39.6 Å². The van der Waals surface area contributed by atoms with Crippen molar-refractivity contribution in [3.8, 4) is 22.3 Å². The van der Waals surface area contributed by atoms with Gasteiger partial charge in [0.15, 0.2) is 0 Å². The molecule has 5 aromatic rings. The molecule has 0 fully saturated rings. The highest BCUT2D eigenvalue weighted by Gasteiger charge is 2.27. The van der Waals surface area contributed by atoms with Crippen LogP contribution in [0.3, 0.4) is 0 Å². The van der Waals surface area contributed by atoms with E-state index < -0.39 is 0 Å². The molecule has 3 aliphatic heterocycles. The second kappa shape index (κ2) is 25.8. The van der Waals surface area contributed by atoms with Gasteiger partial charge in [-0.15, -0.1) is 11.8 Å². The number of nitrogens with one attached hydrogen (secondary N) is 1. The van der Waals surface area contributed by atoms with E-state index in [0.29, 0.717) is 0 Å². The summed E-state index contributed by atoms with van der Waals surface area (Å²) in [5.74, 6) is 0. The highest BCUT2D eigenvalue weighted by Crippen LogP contribution is 2.36. The van der Waals surface area contributed by atoms with Crippen LogP contribution in [0.1, 0.15) is 104 Å². The maximum absolute atomic E-state index is 5.03. The molecular formula is C66H75N3S. The second-order valence-corrected chi connectivity index (χ2v) is 18.9. The minimum Gasteiger partial charge on any atom is -0.381 e. The number of likely N-dealkylation sites (N-methyl/N-ethyl adjacent to an activating group) is 1. The normalized spacial score (nSPS) is 15.4. The highest BCUT2D eigenvalue weighted by atomic mass is 32.2. The Kier molecular flexibility index (Phi) is 19.5. The molecule has 1 atom stereocenters. The monoisotopic (exact) mass is 942 g/mol. The van der Waals surface area contributed by atoms with E-state index in [0.717, 1.165) is 47.5 Å². The summed E-state index contributed by atoms with van der Waals surface area (Å²) >= 11 is 1.78. The molecule has 4 aliphatic rings. The van der Waals surface area contributed by atoms with E-state index in [4.69, 9.17) is 4.99 Å². The van der Waals surface area contributed by atoms with E-state index in [9.17, 15) is 0 Å². The van der Waals surface area contributed by atoms with Crippen LogP contribution < -0.4 is 5.32 Å². The smallest absolute Gasteiger partial charge is 0.0898 e. The van der Waals surface area contributed by atoms with Gasteiger partial charge in [-0.1, -0.05) is 169 Å². The Morgan fingerprint density at radius 1 is 0.771 bits per heavy atom. The summed E-state index contributed by atoms with van der Waals surface area (Å²) in [6.45, 7) is 26.4. The number of thioether (sulfide) groups is 1. The quantitative estimate of drug-likeness (QED) is 0.106. The molecule has 0 saturated heterocycles. The molecule has 1 aliphatic carbocycles. The maximum atomic E-state index is 5.03. The number of anilines is 1. The van der Waals surface area contributed by atoms with Crippen molar-refractivity contribution in [2.75, 3.05) is 25.2 Å². The SMILES string of the molecule is C=C/C(=C\C(=C)C1=CC=CCC1)c1cccc(-c2ccc(C)c(-c3ccc4c(c3)NCC=C4)c2)c1.CC.CCCCC.CSc1ccc(C2=CC=C3N=C(c4c(C)cccc4C)C=CC3N2C)c(C)c1. The van der Waals surface area contributed by atoms with Gasteiger partial charge in [0, 0.05) is 41.0 Å². The van der Waals surface area contributed by atoms with Gasteiger partial charge in [0.1, 0.15) is 0 Å². The summed E-state index contributed by atoms with van der Waals surface area (Å²) in [5, 5.41) is 3.49. The Morgan fingerprint density at radius 2 is 1.51 bits per heavy atom. The third-order valence-electron chi connectivity index (χ3n) is 13.2. The topological polar surface area (TPSA) is 27.6 Å². The van der Waals surface area contributed by atoms with Crippen molar-refractivity contribution in [1.82, 2.24) is 4.90 Å². The van der Waals surface area contributed by atoms with Gasteiger partial charge in [-0.05, 0) is 174 Å². The van der Waals surface area contributed by atoms with Crippen molar-refractivity contribution in [3.63, 3.8) is 0 Å². The standard InChI is InChI=1S/C34H31N.C25H26N2S.C5H12.C2H6/c1-4-26(20-25(3)27-10-6-5-7-11-27)29-12-8-13-30(21-29)31-16-15-24(2)33(22-31)32-18-17-28-14-9-19-35-34(28)23-32;1-16-7-6-8-17(2)25(16)22-12-14-24-21(26-22)11-13-23(27(24)4)20-10-9-19(28-5)15-18(20)3;1-3-5-4-2;1-2/h4-6,8-10,12-18,20-23,35H,1,3,7,11,19H2,2H3;6-15,24H,1-5H3;3-5H2,1-2H3;1-2H3/b26-20+;;;. The van der Waals surface area contributed by atoms with Crippen molar-refractivity contribution in [2.45, 2.75) is 98.4 Å². The lowest BCUT2D eigenvalue weighted by Gasteiger charge is -2.35. The summed E-state index contributed by atoms with van der Waals surface area (Å²) in [6.07, 6.45) is 32.1. The van der Waals surface area contributed by atoms with Crippen molar-refractivity contribution in [2.24, 2.45) is 4.99 Å². The fourth-order valence-corrected chi connectivity index (χ4v) is 9.74. The van der Waals surface area contributed by atoms with Crippen LogP contribution in [0.15, 0.2) is 198 Å². The van der Waals surface area contributed by atoms with E-state index in [2.05, 4.69) is 236 Å². The third-order valence-corrected chi connectivity index (χ3v) is 13.9. The average Bonchev–Trinajstić information content (AvgIpc) is 3.39. The largest absolute Gasteiger partial charge is 0.381 e. The van der Waals surface area contributed by atoms with Crippen molar-refractivity contribution in [1.29, 1.82) is 0 Å². The number of aliphatic imine (C=N–C) groups is 1. The molecule has 0 bridgehead atoms. The fraction of sp³-hybridized carbons (Fsp3) is 0.258. The summed E-state index contributed by atoms with van der Waals surface area (Å²) in [5.41, 5.74) is 23.0. The number of hydrogen-bond donors (Lipinski definition) is 1. The van der Waals surface area contributed by atoms with E-state index in [1.165, 1.54) is 102 Å². The van der Waals surface area contributed by atoms with Crippen LogP contribution in [0, 0.1) is 27.7 Å². The first-order valence-electron chi connectivity index (χ1n) is 25.3. The number of aryl methyl sites for hydroxylation is 4. The fourth-order valence-electron chi connectivity index (χ4n) is 9.24. The maximum Gasteiger partial charge on any atom is 0.0898 e. The van der Waals surface area contributed by atoms with Gasteiger partial charge in [-0.25, -0.2) is 0 Å². The summed E-state index contributed by atoms with van der Waals surface area (Å²) in [7, 11) is 2.16. The van der Waals surface area contributed by atoms with Gasteiger partial charge in [0.25, 0.3) is 0 Å². The first-order valence-corrected chi connectivity index (χ1v) is 26.5. The number of benzene rings is 5. The zero-order chi connectivity index (χ0) is 50.2. The molecule has 9 rings (SSSR count). The van der Waals surface area contributed by atoms with E-state index in [1.807, 2.05) is 19.9 Å². The Morgan fingerprint density at radius 3 is 2.20 bits per heavy atom. The third kappa shape index (κ3) is 13.0. The van der Waals surface area contributed by atoms with Gasteiger partial charge in [-0.2, -0.15) is 0 Å². The van der Waals surface area contributed by atoms with Crippen LogP contribution in [-0.2, 0) is 0 Å². The molecule has 3 heterocycles. The molecule has 1 N–H and O–H groups in total. The molecule has 3 nitrogen and oxygen atoms in total. The minimum atomic E-state index is 0.174. The molecule has 70 heavy (non-hydrogen) atoms. The van der Waals surface area contributed by atoms with Crippen LogP contribution in [0.5, 0.6) is 0 Å². The van der Waals surface area contributed by atoms with Crippen LogP contribution in [0.4, 0.5) is 5.69 Å². The van der Waals surface area contributed by atoms with Gasteiger partial charge in [-0.3, -0.25) is 4.99 Å². The van der Waals surface area contributed by atoms with Crippen molar-refractivity contribution < 1.29 is 0 Å². The Balaban J connectivity index is 0.000000207. The van der Waals surface area contributed by atoms with Gasteiger partial charge >= 0.3 is 0 Å². The van der Waals surface area contributed by atoms with Gasteiger partial charge in [0.2, 0.25) is 0 Å². The van der Waals surface area contributed by atoms with Crippen molar-refractivity contribution >= 4 is 40.5 Å². The number of hydrogen-bond acceptors (Lipinski definition) is 4. The van der Waals surface area contributed by atoms with E-state index >= 15 is 0 Å². The zero-order valence-electron chi connectivity index (χ0n) is 43.6. The molecule has 360 valence electrons. The summed E-state index contributed by atoms with van der Waals surface area (Å²) in [4.78, 5) is 8.66.